The second kappa shape index (κ2) is 3.98. The average Bonchev–Trinajstić information content (AvgIpc) is 2.58. The maximum atomic E-state index is 13.3. The molecule has 0 bridgehead atoms. The van der Waals surface area contributed by atoms with Crippen LogP contribution in [0.25, 0.3) is 0 Å². The van der Waals surface area contributed by atoms with Crippen LogP contribution in [0.3, 0.4) is 0 Å². The van der Waals surface area contributed by atoms with E-state index in [1.807, 2.05) is 4.90 Å². The standard InChI is InChI=1S/C12H15FN2O2/c1-12(2)3-4-14(8-12)10-5-9(13)6-11(7-10)15(16)17/h5-7H,3-4,8H2,1-2H3. The minimum absolute atomic E-state index is 0.182. The number of halogens is 1. The molecule has 1 saturated heterocycles. The molecule has 1 aromatic rings. The van der Waals surface area contributed by atoms with Crippen LogP contribution < -0.4 is 4.90 Å². The van der Waals surface area contributed by atoms with Crippen molar-refractivity contribution in [2.45, 2.75) is 20.3 Å². The van der Waals surface area contributed by atoms with E-state index in [-0.39, 0.29) is 11.1 Å². The zero-order chi connectivity index (χ0) is 12.6. The molecule has 1 aromatic carbocycles. The monoisotopic (exact) mass is 238 g/mol. The van der Waals surface area contributed by atoms with Crippen molar-refractivity contribution in [2.24, 2.45) is 5.41 Å². The summed E-state index contributed by atoms with van der Waals surface area (Å²) in [5, 5.41) is 10.7. The minimum Gasteiger partial charge on any atom is -0.371 e. The first-order valence-corrected chi connectivity index (χ1v) is 5.57. The number of nitrogens with zero attached hydrogens (tertiary/aromatic N) is 2. The molecule has 0 saturated carbocycles. The van der Waals surface area contributed by atoms with Gasteiger partial charge in [0.15, 0.2) is 0 Å². The van der Waals surface area contributed by atoms with Crippen LogP contribution in [0.2, 0.25) is 0 Å². The van der Waals surface area contributed by atoms with Gasteiger partial charge in [-0.2, -0.15) is 0 Å². The fourth-order valence-electron chi connectivity index (χ4n) is 2.18. The molecule has 92 valence electrons. The van der Waals surface area contributed by atoms with Crippen LogP contribution in [-0.2, 0) is 0 Å². The molecule has 0 atom stereocenters. The number of nitro groups is 1. The second-order valence-electron chi connectivity index (χ2n) is 5.26. The van der Waals surface area contributed by atoms with E-state index < -0.39 is 10.7 Å². The highest BCUT2D eigenvalue weighted by molar-refractivity contribution is 5.54. The lowest BCUT2D eigenvalue weighted by molar-refractivity contribution is -0.385. The van der Waals surface area contributed by atoms with Crippen LogP contribution in [-0.4, -0.2) is 18.0 Å². The van der Waals surface area contributed by atoms with E-state index in [0.717, 1.165) is 25.6 Å². The molecule has 0 spiro atoms. The molecule has 1 fully saturated rings. The van der Waals surface area contributed by atoms with Gasteiger partial charge in [-0.3, -0.25) is 10.1 Å². The third-order valence-corrected chi connectivity index (χ3v) is 3.12. The van der Waals surface area contributed by atoms with Crippen molar-refractivity contribution in [3.05, 3.63) is 34.1 Å². The smallest absolute Gasteiger partial charge is 0.274 e. The van der Waals surface area contributed by atoms with Crippen LogP contribution >= 0.6 is 0 Å². The van der Waals surface area contributed by atoms with Crippen LogP contribution in [0.5, 0.6) is 0 Å². The summed E-state index contributed by atoms with van der Waals surface area (Å²) in [4.78, 5) is 12.1. The first-order valence-electron chi connectivity index (χ1n) is 5.57. The number of non-ortho nitro benzene ring substituents is 1. The predicted octanol–water partition coefficient (Wildman–Crippen LogP) is 2.97. The Labute approximate surface area is 99.2 Å². The molecule has 0 N–H and O–H groups in total. The van der Waals surface area contributed by atoms with Crippen molar-refractivity contribution in [3.63, 3.8) is 0 Å². The molecule has 4 nitrogen and oxygen atoms in total. The summed E-state index contributed by atoms with van der Waals surface area (Å²) in [7, 11) is 0. The Balaban J connectivity index is 2.30. The van der Waals surface area contributed by atoms with Crippen molar-refractivity contribution >= 4 is 11.4 Å². The molecule has 0 amide bonds. The van der Waals surface area contributed by atoms with Gasteiger partial charge in [0.25, 0.3) is 5.69 Å². The van der Waals surface area contributed by atoms with E-state index in [4.69, 9.17) is 0 Å². The Morgan fingerprint density at radius 2 is 2.12 bits per heavy atom. The lowest BCUT2D eigenvalue weighted by Gasteiger charge is -2.21. The van der Waals surface area contributed by atoms with Crippen molar-refractivity contribution in [2.75, 3.05) is 18.0 Å². The van der Waals surface area contributed by atoms with E-state index in [9.17, 15) is 14.5 Å². The van der Waals surface area contributed by atoms with Gasteiger partial charge in [0.1, 0.15) is 5.82 Å². The molecule has 1 heterocycles. The van der Waals surface area contributed by atoms with Gasteiger partial charge >= 0.3 is 0 Å². The molecule has 0 aromatic heterocycles. The molecule has 0 radical (unpaired) electrons. The summed E-state index contributed by atoms with van der Waals surface area (Å²) < 4.78 is 13.3. The van der Waals surface area contributed by atoms with E-state index in [0.29, 0.717) is 5.69 Å². The molecule has 1 aliphatic heterocycles. The molecular formula is C12H15FN2O2. The lowest BCUT2D eigenvalue weighted by Crippen LogP contribution is -2.22. The fraction of sp³-hybridized carbons (Fsp3) is 0.500. The van der Waals surface area contributed by atoms with E-state index in [1.54, 1.807) is 0 Å². The van der Waals surface area contributed by atoms with Crippen molar-refractivity contribution in [3.8, 4) is 0 Å². The number of anilines is 1. The molecular weight excluding hydrogens is 223 g/mol. The van der Waals surface area contributed by atoms with Crippen molar-refractivity contribution < 1.29 is 9.31 Å². The summed E-state index contributed by atoms with van der Waals surface area (Å²) in [5.41, 5.74) is 0.591. The maximum Gasteiger partial charge on any atom is 0.274 e. The van der Waals surface area contributed by atoms with E-state index in [2.05, 4.69) is 13.8 Å². The van der Waals surface area contributed by atoms with Crippen molar-refractivity contribution in [1.29, 1.82) is 0 Å². The highest BCUT2D eigenvalue weighted by Crippen LogP contribution is 2.34. The van der Waals surface area contributed by atoms with Crippen molar-refractivity contribution in [1.82, 2.24) is 0 Å². The molecule has 0 aliphatic carbocycles. The predicted molar refractivity (Wildman–Crippen MR) is 63.7 cm³/mol. The summed E-state index contributed by atoms with van der Waals surface area (Å²) in [5.74, 6) is -0.557. The van der Waals surface area contributed by atoms with Crippen LogP contribution in [0.15, 0.2) is 18.2 Å². The first kappa shape index (κ1) is 11.8. The first-order chi connectivity index (χ1) is 7.87. The van der Waals surface area contributed by atoms with Gasteiger partial charge < -0.3 is 4.90 Å². The maximum absolute atomic E-state index is 13.3. The zero-order valence-corrected chi connectivity index (χ0v) is 9.94. The Hall–Kier alpha value is -1.65. The molecule has 1 aliphatic rings. The highest BCUT2D eigenvalue weighted by atomic mass is 19.1. The Morgan fingerprint density at radius 1 is 1.41 bits per heavy atom. The largest absolute Gasteiger partial charge is 0.371 e. The lowest BCUT2D eigenvalue weighted by atomic mass is 9.93. The molecule has 0 unspecified atom stereocenters. The molecule has 5 heteroatoms. The normalized spacial score (nSPS) is 18.4. The van der Waals surface area contributed by atoms with Crippen LogP contribution in [0.4, 0.5) is 15.8 Å². The quantitative estimate of drug-likeness (QED) is 0.587. The Bertz CT molecular complexity index is 460. The SMILES string of the molecule is CC1(C)CCN(c2cc(F)cc([N+](=O)[O-])c2)C1. The van der Waals surface area contributed by atoms with Crippen LogP contribution in [0, 0.1) is 21.3 Å². The second-order valence-corrected chi connectivity index (χ2v) is 5.26. The summed E-state index contributed by atoms with van der Waals surface area (Å²) >= 11 is 0. The highest BCUT2D eigenvalue weighted by Gasteiger charge is 2.30. The van der Waals surface area contributed by atoms with Gasteiger partial charge in [-0.05, 0) is 17.9 Å². The summed E-state index contributed by atoms with van der Waals surface area (Å²) in [6.45, 7) is 5.89. The van der Waals surface area contributed by atoms with Gasteiger partial charge in [-0.1, -0.05) is 13.8 Å². The minimum atomic E-state index is -0.562. The summed E-state index contributed by atoms with van der Waals surface area (Å²) in [6.07, 6.45) is 1.01. The Morgan fingerprint density at radius 3 is 2.65 bits per heavy atom. The van der Waals surface area contributed by atoms with Gasteiger partial charge in [0.05, 0.1) is 11.0 Å². The Kier molecular flexibility index (Phi) is 2.77. The number of nitro benzene ring substituents is 1. The molecule has 2 rings (SSSR count). The number of hydrogen-bond acceptors (Lipinski definition) is 3. The topological polar surface area (TPSA) is 46.4 Å². The van der Waals surface area contributed by atoms with Crippen LogP contribution in [0.1, 0.15) is 20.3 Å². The van der Waals surface area contributed by atoms with Gasteiger partial charge in [0.2, 0.25) is 0 Å². The number of rotatable bonds is 2. The van der Waals surface area contributed by atoms with E-state index in [1.165, 1.54) is 12.1 Å². The van der Waals surface area contributed by atoms with Gasteiger partial charge in [-0.25, -0.2) is 4.39 Å². The van der Waals surface area contributed by atoms with E-state index >= 15 is 0 Å². The van der Waals surface area contributed by atoms with Gasteiger partial charge in [0, 0.05) is 24.8 Å². The molecule has 17 heavy (non-hydrogen) atoms. The number of benzene rings is 1. The zero-order valence-electron chi connectivity index (χ0n) is 9.94. The average molecular weight is 238 g/mol. The van der Waals surface area contributed by atoms with Gasteiger partial charge in [-0.15, -0.1) is 0 Å². The number of hydrogen-bond donors (Lipinski definition) is 0. The fourth-order valence-corrected chi connectivity index (χ4v) is 2.18. The summed E-state index contributed by atoms with van der Waals surface area (Å²) in [6, 6.07) is 3.74. The third-order valence-electron chi connectivity index (χ3n) is 3.12. The third kappa shape index (κ3) is 2.54.